The van der Waals surface area contributed by atoms with Gasteiger partial charge in [0.25, 0.3) is 5.91 Å². The second-order valence-electron chi connectivity index (χ2n) is 6.42. The first-order valence-corrected chi connectivity index (χ1v) is 8.68. The van der Waals surface area contributed by atoms with Gasteiger partial charge in [-0.3, -0.25) is 14.5 Å². The highest BCUT2D eigenvalue weighted by Crippen LogP contribution is 2.33. The molecule has 0 saturated carbocycles. The number of hydrogen-bond donors (Lipinski definition) is 0. The first kappa shape index (κ1) is 16.3. The third kappa shape index (κ3) is 3.31. The number of ether oxygens (including phenoxy) is 1. The van der Waals surface area contributed by atoms with Crippen LogP contribution in [0.25, 0.3) is 0 Å². The summed E-state index contributed by atoms with van der Waals surface area (Å²) in [6, 6.07) is 11.0. The zero-order chi connectivity index (χ0) is 17.9. The van der Waals surface area contributed by atoms with E-state index in [9.17, 15) is 4.79 Å². The van der Waals surface area contributed by atoms with E-state index in [4.69, 9.17) is 4.74 Å². The molecule has 6 heteroatoms. The van der Waals surface area contributed by atoms with Gasteiger partial charge in [-0.25, -0.2) is 0 Å². The summed E-state index contributed by atoms with van der Waals surface area (Å²) in [5.74, 6) is 1.40. The Labute approximate surface area is 152 Å². The summed E-state index contributed by atoms with van der Waals surface area (Å²) in [7, 11) is 1.89. The van der Waals surface area contributed by atoms with E-state index in [-0.39, 0.29) is 11.9 Å². The molecule has 3 heterocycles. The molecule has 1 fully saturated rings. The molecule has 1 amide bonds. The molecular weight excluding hydrogens is 328 g/mol. The SMILES string of the molecule is Cn1cc(C2CCCN2C(=O)c2ccc(Oc3cccnc3)cc2)cn1. The summed E-state index contributed by atoms with van der Waals surface area (Å²) in [4.78, 5) is 18.9. The van der Waals surface area contributed by atoms with Crippen molar-refractivity contribution in [2.24, 2.45) is 7.05 Å². The topological polar surface area (TPSA) is 60.2 Å². The normalized spacial score (nSPS) is 16.7. The molecule has 2 aromatic heterocycles. The Morgan fingerprint density at radius 3 is 2.69 bits per heavy atom. The third-order valence-electron chi connectivity index (χ3n) is 4.59. The third-order valence-corrected chi connectivity index (χ3v) is 4.59. The molecule has 6 nitrogen and oxygen atoms in total. The predicted octanol–water partition coefficient (Wildman–Crippen LogP) is 3.58. The summed E-state index contributed by atoms with van der Waals surface area (Å²) in [6.07, 6.45) is 9.17. The van der Waals surface area contributed by atoms with E-state index >= 15 is 0 Å². The van der Waals surface area contributed by atoms with Crippen molar-refractivity contribution >= 4 is 5.91 Å². The fourth-order valence-corrected chi connectivity index (χ4v) is 3.34. The van der Waals surface area contributed by atoms with Crippen LogP contribution in [-0.2, 0) is 7.05 Å². The Kier molecular flexibility index (Phi) is 4.39. The van der Waals surface area contributed by atoms with Crippen molar-refractivity contribution in [1.82, 2.24) is 19.7 Å². The predicted molar refractivity (Wildman–Crippen MR) is 97.0 cm³/mol. The molecule has 0 bridgehead atoms. The lowest BCUT2D eigenvalue weighted by Crippen LogP contribution is -2.30. The number of amides is 1. The van der Waals surface area contributed by atoms with E-state index in [1.807, 2.05) is 60.7 Å². The highest BCUT2D eigenvalue weighted by Gasteiger charge is 2.31. The summed E-state index contributed by atoms with van der Waals surface area (Å²) in [6.45, 7) is 0.770. The van der Waals surface area contributed by atoms with Gasteiger partial charge in [0.1, 0.15) is 11.5 Å². The summed E-state index contributed by atoms with van der Waals surface area (Å²) in [5, 5.41) is 4.24. The molecule has 132 valence electrons. The first-order chi connectivity index (χ1) is 12.7. The monoisotopic (exact) mass is 348 g/mol. The number of pyridine rings is 1. The average Bonchev–Trinajstić information content (AvgIpc) is 3.31. The quantitative estimate of drug-likeness (QED) is 0.723. The molecule has 1 unspecified atom stereocenters. The molecule has 4 rings (SSSR count). The second kappa shape index (κ2) is 7.00. The number of hydrogen-bond acceptors (Lipinski definition) is 4. The Morgan fingerprint density at radius 1 is 1.15 bits per heavy atom. The van der Waals surface area contributed by atoms with Gasteiger partial charge in [0.05, 0.1) is 18.4 Å². The number of rotatable bonds is 4. The average molecular weight is 348 g/mol. The Hall–Kier alpha value is -3.15. The molecule has 26 heavy (non-hydrogen) atoms. The lowest BCUT2D eigenvalue weighted by atomic mass is 10.1. The molecule has 0 N–H and O–H groups in total. The van der Waals surface area contributed by atoms with Crippen molar-refractivity contribution < 1.29 is 9.53 Å². The highest BCUT2D eigenvalue weighted by molar-refractivity contribution is 5.94. The van der Waals surface area contributed by atoms with Crippen LogP contribution in [0.5, 0.6) is 11.5 Å². The highest BCUT2D eigenvalue weighted by atomic mass is 16.5. The number of likely N-dealkylation sites (tertiary alicyclic amines) is 1. The lowest BCUT2D eigenvalue weighted by molar-refractivity contribution is 0.0735. The number of carbonyl (C=O) groups excluding carboxylic acids is 1. The number of benzene rings is 1. The standard InChI is InChI=1S/C20H20N4O2/c1-23-14-16(12-22-23)19-5-3-11-24(19)20(25)15-6-8-17(9-7-15)26-18-4-2-10-21-13-18/h2,4,6-10,12-14,19H,3,5,11H2,1H3. The molecule has 1 saturated heterocycles. The van der Waals surface area contributed by atoms with E-state index in [0.717, 1.165) is 24.9 Å². The zero-order valence-electron chi connectivity index (χ0n) is 14.6. The summed E-state index contributed by atoms with van der Waals surface area (Å²) >= 11 is 0. The van der Waals surface area contributed by atoms with Crippen LogP contribution in [0.1, 0.15) is 34.8 Å². The van der Waals surface area contributed by atoms with Gasteiger partial charge >= 0.3 is 0 Å². The molecular formula is C20H20N4O2. The van der Waals surface area contributed by atoms with Crippen LogP contribution in [0.2, 0.25) is 0 Å². The molecule has 1 atom stereocenters. The van der Waals surface area contributed by atoms with Gasteiger partial charge in [-0.1, -0.05) is 0 Å². The molecule has 3 aromatic rings. The fraction of sp³-hybridized carbons (Fsp3) is 0.250. The summed E-state index contributed by atoms with van der Waals surface area (Å²) in [5.41, 5.74) is 1.76. The molecule has 1 aromatic carbocycles. The van der Waals surface area contributed by atoms with Crippen LogP contribution in [0.3, 0.4) is 0 Å². The van der Waals surface area contributed by atoms with Gasteiger partial charge < -0.3 is 9.64 Å². The Bertz CT molecular complexity index is 890. The number of aryl methyl sites for hydroxylation is 1. The van der Waals surface area contributed by atoms with Crippen molar-refractivity contribution in [3.05, 3.63) is 72.3 Å². The van der Waals surface area contributed by atoms with Crippen LogP contribution < -0.4 is 4.74 Å². The van der Waals surface area contributed by atoms with Crippen LogP contribution in [0.4, 0.5) is 0 Å². The van der Waals surface area contributed by atoms with E-state index in [2.05, 4.69) is 10.1 Å². The maximum Gasteiger partial charge on any atom is 0.254 e. The van der Waals surface area contributed by atoms with E-state index in [1.165, 1.54) is 0 Å². The van der Waals surface area contributed by atoms with Crippen molar-refractivity contribution in [3.8, 4) is 11.5 Å². The van der Waals surface area contributed by atoms with E-state index < -0.39 is 0 Å². The zero-order valence-corrected chi connectivity index (χ0v) is 14.6. The minimum atomic E-state index is 0.0456. The van der Waals surface area contributed by atoms with Crippen LogP contribution in [-0.4, -0.2) is 32.1 Å². The maximum absolute atomic E-state index is 13.0. The molecule has 1 aliphatic rings. The minimum absolute atomic E-state index is 0.0456. The van der Waals surface area contributed by atoms with Gasteiger partial charge in [0, 0.05) is 37.1 Å². The fourth-order valence-electron chi connectivity index (χ4n) is 3.34. The lowest BCUT2D eigenvalue weighted by Gasteiger charge is -2.24. The van der Waals surface area contributed by atoms with Gasteiger partial charge in [0.15, 0.2) is 0 Å². The second-order valence-corrected chi connectivity index (χ2v) is 6.42. The van der Waals surface area contributed by atoms with Gasteiger partial charge in [-0.2, -0.15) is 5.10 Å². The largest absolute Gasteiger partial charge is 0.456 e. The van der Waals surface area contributed by atoms with E-state index in [1.54, 1.807) is 17.1 Å². The Morgan fingerprint density at radius 2 is 2.00 bits per heavy atom. The van der Waals surface area contributed by atoms with Gasteiger partial charge in [-0.05, 0) is 49.2 Å². The van der Waals surface area contributed by atoms with Crippen LogP contribution >= 0.6 is 0 Å². The smallest absolute Gasteiger partial charge is 0.254 e. The first-order valence-electron chi connectivity index (χ1n) is 8.68. The Balaban J connectivity index is 1.49. The number of aromatic nitrogens is 3. The van der Waals surface area contributed by atoms with Crippen LogP contribution in [0.15, 0.2) is 61.2 Å². The molecule has 0 spiro atoms. The maximum atomic E-state index is 13.0. The number of nitrogens with zero attached hydrogens (tertiary/aromatic N) is 4. The van der Waals surface area contributed by atoms with Crippen molar-refractivity contribution in [2.45, 2.75) is 18.9 Å². The van der Waals surface area contributed by atoms with Crippen molar-refractivity contribution in [3.63, 3.8) is 0 Å². The summed E-state index contributed by atoms with van der Waals surface area (Å²) < 4.78 is 7.51. The molecule has 0 radical (unpaired) electrons. The van der Waals surface area contributed by atoms with Crippen molar-refractivity contribution in [1.29, 1.82) is 0 Å². The van der Waals surface area contributed by atoms with Crippen LogP contribution in [0, 0.1) is 0 Å². The number of carbonyl (C=O) groups is 1. The van der Waals surface area contributed by atoms with Crippen molar-refractivity contribution in [2.75, 3.05) is 6.54 Å². The molecule has 1 aliphatic heterocycles. The van der Waals surface area contributed by atoms with E-state index in [0.29, 0.717) is 17.1 Å². The molecule has 0 aliphatic carbocycles. The van der Waals surface area contributed by atoms with Gasteiger partial charge in [-0.15, -0.1) is 0 Å². The van der Waals surface area contributed by atoms with Gasteiger partial charge in [0.2, 0.25) is 0 Å². The minimum Gasteiger partial charge on any atom is -0.456 e.